The first-order valence-electron chi connectivity index (χ1n) is 17.6. The van der Waals surface area contributed by atoms with Crippen molar-refractivity contribution in [1.29, 1.82) is 0 Å². The predicted molar refractivity (Wildman–Crippen MR) is 207 cm³/mol. The molecule has 0 heterocycles. The third kappa shape index (κ3) is 9.91. The van der Waals surface area contributed by atoms with E-state index in [1.54, 1.807) is 5.56 Å². The van der Waals surface area contributed by atoms with Crippen LogP contribution in [0.25, 0.3) is 0 Å². The average Bonchev–Trinajstić information content (AvgIpc) is 3.82. The van der Waals surface area contributed by atoms with Crippen molar-refractivity contribution in [2.75, 3.05) is 6.61 Å². The number of hydrogen-bond donors (Lipinski definition) is 0. The topological polar surface area (TPSA) is 9.23 Å². The third-order valence-electron chi connectivity index (χ3n) is 11.4. The number of hydrogen-bond acceptors (Lipinski definition) is 1. The van der Waals surface area contributed by atoms with Crippen LogP contribution in [0.5, 0.6) is 0 Å². The molecule has 0 saturated heterocycles. The molecule has 1 nitrogen and oxygen atoms in total. The molecule has 0 aliphatic heterocycles. The molecule has 3 aliphatic carbocycles. The quantitative estimate of drug-likeness (QED) is 0.0821. The SMILES string of the molecule is C#CCOCc1ccc(C(CCC[Si](C)(C)C2C=CC=C2)(CCC[Si](C)(C)C2C=CC=C2)CCC[Si](C)(C)C2C=CC=C2)cc1. The van der Waals surface area contributed by atoms with Gasteiger partial charge >= 0.3 is 0 Å². The fourth-order valence-electron chi connectivity index (χ4n) is 8.00. The molecule has 0 radical (unpaired) electrons. The predicted octanol–water partition coefficient (Wildman–Crippen LogP) is 12.0. The van der Waals surface area contributed by atoms with Crippen LogP contribution in [-0.4, -0.2) is 30.8 Å². The van der Waals surface area contributed by atoms with Gasteiger partial charge in [0, 0.05) is 0 Å². The summed E-state index contributed by atoms with van der Waals surface area (Å²) < 4.78 is 5.69. The third-order valence-corrected chi connectivity index (χ3v) is 22.9. The van der Waals surface area contributed by atoms with E-state index in [1.165, 1.54) is 62.2 Å². The summed E-state index contributed by atoms with van der Waals surface area (Å²) in [5, 5.41) is 0. The summed E-state index contributed by atoms with van der Waals surface area (Å²) in [6.45, 7) is 16.6. The maximum Gasteiger partial charge on any atom is 0.107 e. The molecule has 0 fully saturated rings. The Morgan fingerprint density at radius 3 is 1.29 bits per heavy atom. The lowest BCUT2D eigenvalue weighted by molar-refractivity contribution is 0.153. The fourth-order valence-corrected chi connectivity index (χ4v) is 16.1. The summed E-state index contributed by atoms with van der Waals surface area (Å²) in [6, 6.07) is 13.7. The number of allylic oxidation sites excluding steroid dienone is 12. The monoisotopic (exact) mass is 652 g/mol. The van der Waals surface area contributed by atoms with E-state index in [0.717, 1.165) is 0 Å². The first kappa shape index (κ1) is 35.7. The summed E-state index contributed by atoms with van der Waals surface area (Å²) in [6.07, 6.45) is 41.6. The molecule has 0 saturated carbocycles. The van der Waals surface area contributed by atoms with Crippen molar-refractivity contribution < 1.29 is 4.74 Å². The molecule has 4 heteroatoms. The highest BCUT2D eigenvalue weighted by molar-refractivity contribution is 6.80. The molecule has 0 bridgehead atoms. The van der Waals surface area contributed by atoms with E-state index in [2.05, 4.69) is 142 Å². The van der Waals surface area contributed by atoms with Crippen molar-refractivity contribution in [3.63, 3.8) is 0 Å². The largest absolute Gasteiger partial charge is 0.364 e. The normalized spacial score (nSPS) is 17.4. The second-order valence-electron chi connectivity index (χ2n) is 16.1. The zero-order chi connectivity index (χ0) is 32.4. The Kier molecular flexibility index (Phi) is 12.8. The van der Waals surface area contributed by atoms with Crippen LogP contribution in [0.15, 0.2) is 97.2 Å². The second kappa shape index (κ2) is 16.1. The van der Waals surface area contributed by atoms with Crippen LogP contribution >= 0.6 is 0 Å². The molecule has 242 valence electrons. The van der Waals surface area contributed by atoms with Gasteiger partial charge in [0.05, 0.1) is 30.8 Å². The van der Waals surface area contributed by atoms with Crippen LogP contribution in [0.1, 0.15) is 49.7 Å². The Balaban J connectivity index is 1.57. The van der Waals surface area contributed by atoms with Crippen LogP contribution < -0.4 is 0 Å². The molecule has 0 spiro atoms. The van der Waals surface area contributed by atoms with Gasteiger partial charge in [0.1, 0.15) is 6.61 Å². The number of terminal acetylenes is 1. The minimum atomic E-state index is -1.38. The molecular weight excluding hydrogens is 593 g/mol. The van der Waals surface area contributed by atoms with Crippen LogP contribution in [0.4, 0.5) is 0 Å². The minimum Gasteiger partial charge on any atom is -0.364 e. The van der Waals surface area contributed by atoms with Gasteiger partial charge in [-0.05, 0) is 52.4 Å². The Labute approximate surface area is 279 Å². The number of ether oxygens (including phenoxy) is 1. The zero-order valence-corrected chi connectivity index (χ0v) is 32.2. The highest BCUT2D eigenvalue weighted by Crippen LogP contribution is 2.45. The first-order valence-corrected chi connectivity index (χ1v) is 27.5. The van der Waals surface area contributed by atoms with Crippen LogP contribution in [0.2, 0.25) is 74.0 Å². The summed E-state index contributed by atoms with van der Waals surface area (Å²) in [7, 11) is -4.14. The molecular formula is C41H60OSi3. The van der Waals surface area contributed by atoms with Gasteiger partial charge < -0.3 is 4.74 Å². The Morgan fingerprint density at radius 2 is 0.956 bits per heavy atom. The van der Waals surface area contributed by atoms with Crippen molar-refractivity contribution >= 4 is 24.2 Å². The maximum atomic E-state index is 5.69. The average molecular weight is 653 g/mol. The smallest absolute Gasteiger partial charge is 0.107 e. The van der Waals surface area contributed by atoms with Gasteiger partial charge in [0.25, 0.3) is 0 Å². The molecule has 0 amide bonds. The molecule has 0 N–H and O–H groups in total. The van der Waals surface area contributed by atoms with Gasteiger partial charge in [0.2, 0.25) is 0 Å². The van der Waals surface area contributed by atoms with E-state index in [9.17, 15) is 0 Å². The van der Waals surface area contributed by atoms with E-state index in [4.69, 9.17) is 11.2 Å². The summed E-state index contributed by atoms with van der Waals surface area (Å²) >= 11 is 0. The maximum absolute atomic E-state index is 5.69. The highest BCUT2D eigenvalue weighted by Gasteiger charge is 2.37. The van der Waals surface area contributed by atoms with Crippen molar-refractivity contribution in [2.45, 2.75) is 125 Å². The Morgan fingerprint density at radius 1 is 0.600 bits per heavy atom. The highest BCUT2D eigenvalue weighted by atomic mass is 28.3. The fraction of sp³-hybridized carbons (Fsp3) is 0.512. The molecule has 0 aromatic heterocycles. The second-order valence-corrected chi connectivity index (χ2v) is 31.5. The van der Waals surface area contributed by atoms with Gasteiger partial charge in [-0.15, -0.1) is 6.42 Å². The van der Waals surface area contributed by atoms with E-state index in [1.807, 2.05) is 0 Å². The first-order chi connectivity index (χ1) is 21.5. The number of benzene rings is 1. The lowest BCUT2D eigenvalue weighted by Crippen LogP contribution is -2.34. The van der Waals surface area contributed by atoms with Gasteiger partial charge in [-0.25, -0.2) is 0 Å². The Hall–Kier alpha value is -2.17. The van der Waals surface area contributed by atoms with Crippen LogP contribution in [0.3, 0.4) is 0 Å². The van der Waals surface area contributed by atoms with Crippen molar-refractivity contribution in [2.24, 2.45) is 0 Å². The molecule has 0 unspecified atom stereocenters. The minimum absolute atomic E-state index is 0.224. The van der Waals surface area contributed by atoms with Crippen molar-refractivity contribution in [3.05, 3.63) is 108 Å². The van der Waals surface area contributed by atoms with E-state index in [-0.39, 0.29) is 5.41 Å². The van der Waals surface area contributed by atoms with E-state index < -0.39 is 24.2 Å². The van der Waals surface area contributed by atoms with E-state index in [0.29, 0.717) is 29.8 Å². The Bertz CT molecular complexity index is 1170. The molecule has 0 atom stereocenters. The molecule has 4 rings (SSSR count). The van der Waals surface area contributed by atoms with Gasteiger partial charge in [0.15, 0.2) is 0 Å². The zero-order valence-electron chi connectivity index (χ0n) is 29.2. The lowest BCUT2D eigenvalue weighted by Gasteiger charge is -2.39. The summed E-state index contributed by atoms with van der Waals surface area (Å²) in [5.41, 5.74) is 5.07. The van der Waals surface area contributed by atoms with Crippen LogP contribution in [-0.2, 0) is 16.8 Å². The summed E-state index contributed by atoms with van der Waals surface area (Å²) in [4.78, 5) is 0. The van der Waals surface area contributed by atoms with Crippen molar-refractivity contribution in [3.8, 4) is 12.3 Å². The molecule has 45 heavy (non-hydrogen) atoms. The van der Waals surface area contributed by atoms with Crippen molar-refractivity contribution in [1.82, 2.24) is 0 Å². The molecule has 3 aliphatic rings. The molecule has 1 aromatic carbocycles. The summed E-state index contributed by atoms with van der Waals surface area (Å²) in [5.74, 6) is 2.60. The van der Waals surface area contributed by atoms with Gasteiger partial charge in [-0.1, -0.05) is 180 Å². The van der Waals surface area contributed by atoms with Crippen LogP contribution in [0, 0.1) is 12.3 Å². The van der Waals surface area contributed by atoms with E-state index >= 15 is 0 Å². The lowest BCUT2D eigenvalue weighted by atomic mass is 9.70. The number of rotatable bonds is 19. The van der Waals surface area contributed by atoms with Gasteiger partial charge in [-0.2, -0.15) is 0 Å². The van der Waals surface area contributed by atoms with Gasteiger partial charge in [-0.3, -0.25) is 0 Å². The standard InChI is InChI=1S/C41H60OSi3/c1-8-31-42-35-36-24-26-37(27-25-36)41(28-15-32-43(2,3)38-18-9-10-19-38,29-16-33-44(4,5)39-20-11-12-21-39)30-17-34-45(6,7)40-22-13-14-23-40/h1,9-14,18-27,38-40H,15-17,28-35H2,2-7H3. The molecule has 1 aromatic rings.